The Morgan fingerprint density at radius 2 is 1.90 bits per heavy atom. The Kier molecular flexibility index (Phi) is 3.43. The molecule has 0 amide bonds. The van der Waals surface area contributed by atoms with Gasteiger partial charge < -0.3 is 15.2 Å². The minimum Gasteiger partial charge on any atom is -0.487 e. The molecule has 0 bridgehead atoms. The minimum atomic E-state index is -0.189. The van der Waals surface area contributed by atoms with Crippen LogP contribution in [0.2, 0.25) is 0 Å². The minimum absolute atomic E-state index is 0.0611. The standard InChI is InChI=1S/C18H25NO2/c20-16-8-3-2-7-14(16)19-15-12-18(10-5-11-18)21-17-9-4-1-6-13(15)17/h1,4,6,9,14-16,19-20H,2-3,5,7-8,10-12H2. The lowest BCUT2D eigenvalue weighted by Crippen LogP contribution is -2.52. The summed E-state index contributed by atoms with van der Waals surface area (Å²) in [5.41, 5.74) is 1.33. The van der Waals surface area contributed by atoms with Gasteiger partial charge in [0, 0.05) is 24.1 Å². The Hall–Kier alpha value is -1.06. The topological polar surface area (TPSA) is 41.5 Å². The normalized spacial score (nSPS) is 33.9. The van der Waals surface area contributed by atoms with Crippen molar-refractivity contribution < 1.29 is 9.84 Å². The van der Waals surface area contributed by atoms with E-state index in [9.17, 15) is 5.11 Å². The fourth-order valence-electron chi connectivity index (χ4n) is 4.21. The van der Waals surface area contributed by atoms with Gasteiger partial charge in [-0.1, -0.05) is 31.0 Å². The van der Waals surface area contributed by atoms with Crippen molar-refractivity contribution in [3.63, 3.8) is 0 Å². The van der Waals surface area contributed by atoms with E-state index in [4.69, 9.17) is 4.74 Å². The maximum absolute atomic E-state index is 10.3. The van der Waals surface area contributed by atoms with Gasteiger partial charge in [-0.2, -0.15) is 0 Å². The zero-order valence-electron chi connectivity index (χ0n) is 12.6. The molecule has 2 aliphatic carbocycles. The monoisotopic (exact) mass is 287 g/mol. The zero-order valence-corrected chi connectivity index (χ0v) is 12.6. The molecule has 1 aliphatic heterocycles. The summed E-state index contributed by atoms with van der Waals surface area (Å²) in [6.45, 7) is 0. The molecule has 3 heteroatoms. The number of hydrogen-bond donors (Lipinski definition) is 2. The van der Waals surface area contributed by atoms with E-state index in [0.717, 1.165) is 31.4 Å². The van der Waals surface area contributed by atoms with Crippen molar-refractivity contribution in [2.75, 3.05) is 0 Å². The Balaban J connectivity index is 1.58. The van der Waals surface area contributed by atoms with E-state index in [1.807, 2.05) is 0 Å². The van der Waals surface area contributed by atoms with Gasteiger partial charge in [0.25, 0.3) is 0 Å². The molecule has 0 aromatic heterocycles. The lowest BCUT2D eigenvalue weighted by molar-refractivity contribution is -0.0413. The van der Waals surface area contributed by atoms with Crippen LogP contribution in [0.5, 0.6) is 5.75 Å². The maximum Gasteiger partial charge on any atom is 0.124 e. The molecule has 0 radical (unpaired) electrons. The van der Waals surface area contributed by atoms with Crippen LogP contribution in [-0.4, -0.2) is 22.9 Å². The number of ether oxygens (including phenoxy) is 1. The van der Waals surface area contributed by atoms with Gasteiger partial charge in [0.05, 0.1) is 6.10 Å². The van der Waals surface area contributed by atoms with Crippen molar-refractivity contribution in [1.82, 2.24) is 5.32 Å². The third-order valence-electron chi connectivity index (χ3n) is 5.61. The number of benzene rings is 1. The van der Waals surface area contributed by atoms with E-state index < -0.39 is 0 Å². The highest BCUT2D eigenvalue weighted by molar-refractivity contribution is 5.39. The third kappa shape index (κ3) is 2.47. The summed E-state index contributed by atoms with van der Waals surface area (Å²) < 4.78 is 6.30. The first kappa shape index (κ1) is 13.6. The first-order valence-corrected chi connectivity index (χ1v) is 8.48. The van der Waals surface area contributed by atoms with Crippen molar-refractivity contribution in [1.29, 1.82) is 0 Å². The summed E-state index contributed by atoms with van der Waals surface area (Å²) >= 11 is 0. The zero-order chi connectivity index (χ0) is 14.3. The summed E-state index contributed by atoms with van der Waals surface area (Å²) in [7, 11) is 0. The molecule has 2 fully saturated rings. The first-order valence-electron chi connectivity index (χ1n) is 8.48. The van der Waals surface area contributed by atoms with Crippen molar-refractivity contribution in [2.24, 2.45) is 0 Å². The highest BCUT2D eigenvalue weighted by atomic mass is 16.5. The van der Waals surface area contributed by atoms with Crippen LogP contribution in [0.4, 0.5) is 0 Å². The Bertz CT molecular complexity index is 512. The second-order valence-corrected chi connectivity index (χ2v) is 7.06. The van der Waals surface area contributed by atoms with Gasteiger partial charge in [0.2, 0.25) is 0 Å². The summed E-state index contributed by atoms with van der Waals surface area (Å²) in [4.78, 5) is 0. The van der Waals surface area contributed by atoms with Crippen molar-refractivity contribution in [2.45, 2.75) is 75.2 Å². The smallest absolute Gasteiger partial charge is 0.124 e. The molecule has 3 unspecified atom stereocenters. The van der Waals surface area contributed by atoms with E-state index in [0.29, 0.717) is 6.04 Å². The number of hydrogen-bond acceptors (Lipinski definition) is 3. The molecule has 0 saturated heterocycles. The summed E-state index contributed by atoms with van der Waals surface area (Å²) in [6.07, 6.45) is 8.90. The molecule has 1 spiro atoms. The molecule has 1 aromatic carbocycles. The van der Waals surface area contributed by atoms with Crippen molar-refractivity contribution >= 4 is 0 Å². The highest BCUT2D eigenvalue weighted by Crippen LogP contribution is 2.49. The van der Waals surface area contributed by atoms with Gasteiger partial charge in [-0.25, -0.2) is 0 Å². The van der Waals surface area contributed by atoms with Crippen LogP contribution in [0.3, 0.4) is 0 Å². The van der Waals surface area contributed by atoms with Crippen molar-refractivity contribution in [3.05, 3.63) is 29.8 Å². The number of aliphatic hydroxyl groups excluding tert-OH is 1. The average Bonchev–Trinajstić information content (AvgIpc) is 2.48. The molecule has 3 nitrogen and oxygen atoms in total. The van der Waals surface area contributed by atoms with Gasteiger partial charge >= 0.3 is 0 Å². The summed E-state index contributed by atoms with van der Waals surface area (Å²) in [5, 5.41) is 14.0. The van der Waals surface area contributed by atoms with Crippen LogP contribution in [0, 0.1) is 0 Å². The second-order valence-electron chi connectivity index (χ2n) is 7.06. The molecule has 114 valence electrons. The maximum atomic E-state index is 10.3. The molecular formula is C18H25NO2. The van der Waals surface area contributed by atoms with Crippen molar-refractivity contribution in [3.8, 4) is 5.75 Å². The fourth-order valence-corrected chi connectivity index (χ4v) is 4.21. The Morgan fingerprint density at radius 1 is 1.10 bits per heavy atom. The third-order valence-corrected chi connectivity index (χ3v) is 5.61. The summed E-state index contributed by atoms with van der Waals surface area (Å²) in [6, 6.07) is 8.99. The van der Waals surface area contributed by atoms with Crippen LogP contribution in [0.25, 0.3) is 0 Å². The molecule has 4 rings (SSSR count). The Morgan fingerprint density at radius 3 is 2.67 bits per heavy atom. The fraction of sp³-hybridized carbons (Fsp3) is 0.667. The quantitative estimate of drug-likeness (QED) is 0.876. The molecule has 2 saturated carbocycles. The van der Waals surface area contributed by atoms with Crippen LogP contribution in [0.15, 0.2) is 24.3 Å². The largest absolute Gasteiger partial charge is 0.487 e. The van der Waals surface area contributed by atoms with Gasteiger partial charge in [-0.3, -0.25) is 0 Å². The van der Waals surface area contributed by atoms with Crippen LogP contribution in [0.1, 0.15) is 63.0 Å². The molecule has 1 heterocycles. The predicted molar refractivity (Wildman–Crippen MR) is 82.4 cm³/mol. The van der Waals surface area contributed by atoms with E-state index in [1.54, 1.807) is 0 Å². The van der Waals surface area contributed by atoms with E-state index in [1.165, 1.54) is 31.2 Å². The van der Waals surface area contributed by atoms with Gasteiger partial charge in [-0.15, -0.1) is 0 Å². The number of aliphatic hydroxyl groups is 1. The molecule has 3 aliphatic rings. The Labute approximate surface area is 126 Å². The SMILES string of the molecule is OC1CCCCC1NC1CC2(CCC2)Oc2ccccc21. The van der Waals surface area contributed by atoms with Gasteiger partial charge in [-0.05, 0) is 38.2 Å². The molecule has 3 atom stereocenters. The van der Waals surface area contributed by atoms with Crippen LogP contribution in [-0.2, 0) is 0 Å². The molecular weight excluding hydrogens is 262 g/mol. The first-order chi connectivity index (χ1) is 10.3. The van der Waals surface area contributed by atoms with Gasteiger partial charge in [0.1, 0.15) is 11.4 Å². The molecule has 1 aromatic rings. The number of fused-ring (bicyclic) bond motifs is 1. The van der Waals surface area contributed by atoms with Crippen LogP contribution < -0.4 is 10.1 Å². The van der Waals surface area contributed by atoms with E-state index in [2.05, 4.69) is 29.6 Å². The predicted octanol–water partition coefficient (Wildman–Crippen LogP) is 3.33. The van der Waals surface area contributed by atoms with Gasteiger partial charge in [0.15, 0.2) is 0 Å². The van der Waals surface area contributed by atoms with E-state index in [-0.39, 0.29) is 17.7 Å². The molecule has 2 N–H and O–H groups in total. The lowest BCUT2D eigenvalue weighted by atomic mass is 9.72. The number of para-hydroxylation sites is 1. The lowest BCUT2D eigenvalue weighted by Gasteiger charge is -2.49. The van der Waals surface area contributed by atoms with Crippen LogP contribution >= 0.6 is 0 Å². The highest BCUT2D eigenvalue weighted by Gasteiger charge is 2.46. The number of rotatable bonds is 2. The van der Waals surface area contributed by atoms with E-state index >= 15 is 0 Å². The number of nitrogens with one attached hydrogen (secondary N) is 1. The second kappa shape index (κ2) is 5.29. The average molecular weight is 287 g/mol. The summed E-state index contributed by atoms with van der Waals surface area (Å²) in [5.74, 6) is 1.05. The molecule has 21 heavy (non-hydrogen) atoms.